The van der Waals surface area contributed by atoms with Crippen LogP contribution in [0.5, 0.6) is 0 Å². The van der Waals surface area contributed by atoms with Gasteiger partial charge in [-0.05, 0) is 45.5 Å². The van der Waals surface area contributed by atoms with Gasteiger partial charge >= 0.3 is 0 Å². The van der Waals surface area contributed by atoms with Crippen LogP contribution >= 0.6 is 0 Å². The maximum atomic E-state index is 12.0. The Bertz CT molecular complexity index is 816. The number of amides is 1. The minimum atomic E-state index is -3.74. The van der Waals surface area contributed by atoms with E-state index in [0.29, 0.717) is 19.5 Å². The van der Waals surface area contributed by atoms with Crippen LogP contribution in [0.2, 0.25) is 0 Å². The highest BCUT2D eigenvalue weighted by Gasteiger charge is 2.32. The predicted molar refractivity (Wildman–Crippen MR) is 115 cm³/mol. The van der Waals surface area contributed by atoms with Gasteiger partial charge in [0, 0.05) is 38.6 Å². The van der Waals surface area contributed by atoms with Gasteiger partial charge in [-0.2, -0.15) is 8.42 Å². The Hall–Kier alpha value is -1.56. The summed E-state index contributed by atoms with van der Waals surface area (Å²) >= 11 is 0. The molecule has 3 N–H and O–H groups in total. The molecule has 31 heavy (non-hydrogen) atoms. The zero-order valence-electron chi connectivity index (χ0n) is 18.3. The van der Waals surface area contributed by atoms with Crippen LogP contribution in [0.3, 0.4) is 0 Å². The minimum Gasteiger partial charge on any atom is -0.396 e. The second-order valence-electron chi connectivity index (χ2n) is 8.37. The number of nitrogens with zero attached hydrogens (tertiary/aromatic N) is 2. The topological polar surface area (TPSA) is 128 Å². The van der Waals surface area contributed by atoms with E-state index in [1.807, 2.05) is 18.9 Å². The monoisotopic (exact) mass is 458 g/mol. The summed E-state index contributed by atoms with van der Waals surface area (Å²) in [5.41, 5.74) is 0.995. The van der Waals surface area contributed by atoms with E-state index in [-0.39, 0.29) is 35.9 Å². The number of rotatable bonds is 5. The smallest absolute Gasteiger partial charge is 0.296 e. The van der Waals surface area contributed by atoms with Crippen molar-refractivity contribution < 1.29 is 32.7 Å². The molecule has 2 aliphatic rings. The second-order valence-corrected chi connectivity index (χ2v) is 9.98. The van der Waals surface area contributed by atoms with Gasteiger partial charge in [0.15, 0.2) is 0 Å². The fraction of sp³-hybridized carbons (Fsp3) is 0.667. The molecular formula is C21H34N2O7S. The van der Waals surface area contributed by atoms with E-state index < -0.39 is 22.3 Å². The van der Waals surface area contributed by atoms with E-state index in [1.54, 1.807) is 19.2 Å². The van der Waals surface area contributed by atoms with Crippen LogP contribution in [-0.2, 0) is 19.1 Å². The third-order valence-electron chi connectivity index (χ3n) is 5.82. The molecule has 0 saturated carbocycles. The Morgan fingerprint density at radius 1 is 1.06 bits per heavy atom. The summed E-state index contributed by atoms with van der Waals surface area (Å²) in [4.78, 5) is 14.7. The lowest BCUT2D eigenvalue weighted by Crippen LogP contribution is -2.47. The molecule has 4 atom stereocenters. The molecular weight excluding hydrogens is 424 g/mol. The van der Waals surface area contributed by atoms with Crippen LogP contribution in [0.15, 0.2) is 29.2 Å². The standard InChI is InChI=1S/C14H21NO4S.C7H13NO3/c1-11-3-5-13(6-4-11)20(17,18)19-10-12-7-8-15(2)9-14(12)16;1-8-3-2-5(4-9)6(10)7(8)11/h3-6,12,14,16H,7-10H2,1-2H3;5-6,9-10H,2-4H2,1H3/t12-,14-;5-,6+/m11/s1. The predicted octanol–water partition coefficient (Wildman–Crippen LogP) is -0.169. The quantitative estimate of drug-likeness (QED) is 0.519. The van der Waals surface area contributed by atoms with Gasteiger partial charge in [-0.1, -0.05) is 17.7 Å². The number of likely N-dealkylation sites (tertiary alicyclic amines) is 2. The Balaban J connectivity index is 0.000000262. The number of β-amino-alcohol motifs (C(OH)–C–C–N with tert-alkyl or cyclic N) is 1. The second kappa shape index (κ2) is 11.3. The van der Waals surface area contributed by atoms with Crippen LogP contribution in [-0.4, -0.2) is 98.6 Å². The summed E-state index contributed by atoms with van der Waals surface area (Å²) in [5, 5.41) is 27.9. The van der Waals surface area contributed by atoms with Gasteiger partial charge in [-0.15, -0.1) is 0 Å². The average Bonchev–Trinajstić information content (AvgIpc) is 2.72. The fourth-order valence-electron chi connectivity index (χ4n) is 3.53. The first-order chi connectivity index (χ1) is 14.5. The van der Waals surface area contributed by atoms with E-state index in [2.05, 4.69) is 0 Å². The maximum absolute atomic E-state index is 12.0. The summed E-state index contributed by atoms with van der Waals surface area (Å²) in [7, 11) is -0.152. The highest BCUT2D eigenvalue weighted by Crippen LogP contribution is 2.20. The lowest BCUT2D eigenvalue weighted by Gasteiger charge is -2.33. The van der Waals surface area contributed by atoms with Crippen molar-refractivity contribution in [1.82, 2.24) is 9.80 Å². The van der Waals surface area contributed by atoms with Gasteiger partial charge in [0.05, 0.1) is 17.6 Å². The number of piperidine rings is 2. The molecule has 10 heteroatoms. The molecule has 0 aromatic heterocycles. The molecule has 0 bridgehead atoms. The number of likely N-dealkylation sites (N-methyl/N-ethyl adjacent to an activating group) is 2. The Morgan fingerprint density at radius 2 is 1.68 bits per heavy atom. The molecule has 2 fully saturated rings. The van der Waals surface area contributed by atoms with Crippen molar-refractivity contribution in [3.63, 3.8) is 0 Å². The van der Waals surface area contributed by atoms with Crippen molar-refractivity contribution in [2.24, 2.45) is 11.8 Å². The van der Waals surface area contributed by atoms with Crippen LogP contribution < -0.4 is 0 Å². The number of aliphatic hydroxyl groups excluding tert-OH is 3. The number of carbonyl (C=O) groups is 1. The first-order valence-electron chi connectivity index (χ1n) is 10.4. The van der Waals surface area contributed by atoms with Crippen molar-refractivity contribution >= 4 is 16.0 Å². The van der Waals surface area contributed by atoms with Crippen molar-refractivity contribution in [2.75, 3.05) is 46.9 Å². The number of hydrogen-bond donors (Lipinski definition) is 3. The molecule has 0 radical (unpaired) electrons. The summed E-state index contributed by atoms with van der Waals surface area (Å²) in [6.07, 6.45) is -0.123. The first-order valence-corrected chi connectivity index (χ1v) is 11.8. The van der Waals surface area contributed by atoms with Crippen molar-refractivity contribution in [3.8, 4) is 0 Å². The number of carbonyl (C=O) groups excluding carboxylic acids is 1. The minimum absolute atomic E-state index is 0.0330. The Labute approximate surface area is 184 Å². The van der Waals surface area contributed by atoms with Gasteiger partial charge in [0.1, 0.15) is 6.10 Å². The average molecular weight is 459 g/mol. The molecule has 9 nitrogen and oxygen atoms in total. The number of hydrogen-bond acceptors (Lipinski definition) is 8. The van der Waals surface area contributed by atoms with Gasteiger partial charge < -0.3 is 25.1 Å². The van der Waals surface area contributed by atoms with E-state index in [1.165, 1.54) is 17.0 Å². The number of benzene rings is 1. The van der Waals surface area contributed by atoms with Crippen molar-refractivity contribution in [2.45, 2.75) is 36.9 Å². The summed E-state index contributed by atoms with van der Waals surface area (Å²) in [6, 6.07) is 6.55. The maximum Gasteiger partial charge on any atom is 0.296 e. The van der Waals surface area contributed by atoms with Crippen LogP contribution in [0, 0.1) is 18.8 Å². The van der Waals surface area contributed by atoms with E-state index in [9.17, 15) is 23.4 Å². The van der Waals surface area contributed by atoms with Crippen molar-refractivity contribution in [3.05, 3.63) is 29.8 Å². The number of aryl methyl sites for hydroxylation is 1. The zero-order valence-corrected chi connectivity index (χ0v) is 19.2. The van der Waals surface area contributed by atoms with E-state index >= 15 is 0 Å². The number of aliphatic hydroxyl groups is 3. The largest absolute Gasteiger partial charge is 0.396 e. The van der Waals surface area contributed by atoms with Gasteiger partial charge in [0.2, 0.25) is 0 Å². The van der Waals surface area contributed by atoms with Gasteiger partial charge in [-0.3, -0.25) is 8.98 Å². The van der Waals surface area contributed by atoms with E-state index in [4.69, 9.17) is 9.29 Å². The Morgan fingerprint density at radius 3 is 2.26 bits per heavy atom. The normalized spacial score (nSPS) is 27.5. The molecule has 176 valence electrons. The van der Waals surface area contributed by atoms with Crippen LogP contribution in [0.4, 0.5) is 0 Å². The van der Waals surface area contributed by atoms with Gasteiger partial charge in [0.25, 0.3) is 16.0 Å². The molecule has 3 rings (SSSR count). The molecule has 2 heterocycles. The molecule has 1 aromatic carbocycles. The lowest BCUT2D eigenvalue weighted by molar-refractivity contribution is -0.147. The first kappa shape index (κ1) is 25.7. The molecule has 1 aromatic rings. The highest BCUT2D eigenvalue weighted by molar-refractivity contribution is 7.86. The van der Waals surface area contributed by atoms with Crippen LogP contribution in [0.25, 0.3) is 0 Å². The van der Waals surface area contributed by atoms with Crippen LogP contribution in [0.1, 0.15) is 18.4 Å². The van der Waals surface area contributed by atoms with Crippen molar-refractivity contribution in [1.29, 1.82) is 0 Å². The molecule has 2 saturated heterocycles. The summed E-state index contributed by atoms with van der Waals surface area (Å²) < 4.78 is 29.2. The summed E-state index contributed by atoms with van der Waals surface area (Å²) in [6.45, 7) is 3.84. The SMILES string of the molecule is CN1CC[C@H](CO)[C@H](O)C1=O.Cc1ccc(S(=O)(=O)OC[C@H]2CCN(C)C[C@H]2O)cc1. The molecule has 1 amide bonds. The molecule has 0 spiro atoms. The highest BCUT2D eigenvalue weighted by atomic mass is 32.2. The zero-order chi connectivity index (χ0) is 23.2. The molecule has 0 unspecified atom stereocenters. The molecule has 2 aliphatic heterocycles. The Kier molecular flexibility index (Phi) is 9.41. The van der Waals surface area contributed by atoms with E-state index in [0.717, 1.165) is 18.5 Å². The summed E-state index contributed by atoms with van der Waals surface area (Å²) in [5.74, 6) is -0.680. The third kappa shape index (κ3) is 7.23. The third-order valence-corrected chi connectivity index (χ3v) is 7.11. The van der Waals surface area contributed by atoms with Gasteiger partial charge in [-0.25, -0.2) is 0 Å². The molecule has 0 aliphatic carbocycles. The fourth-order valence-corrected chi connectivity index (χ4v) is 4.49. The lowest BCUT2D eigenvalue weighted by atomic mass is 9.94.